The Morgan fingerprint density at radius 2 is 1.71 bits per heavy atom. The molecule has 0 aliphatic rings. The first-order valence-electron chi connectivity index (χ1n) is 4.97. The maximum absolute atomic E-state index is 13.5. The SMILES string of the molecule is Fc1ccc(SCc2ccc(Br)cc2F)cc1. The molecule has 2 rings (SSSR count). The molecule has 0 saturated heterocycles. The molecule has 2 aromatic rings. The minimum absolute atomic E-state index is 0.228. The van der Waals surface area contributed by atoms with Crippen LogP contribution >= 0.6 is 27.7 Å². The van der Waals surface area contributed by atoms with E-state index in [0.29, 0.717) is 11.3 Å². The molecular weight excluding hydrogens is 306 g/mol. The topological polar surface area (TPSA) is 0 Å². The van der Waals surface area contributed by atoms with Gasteiger partial charge in [0.05, 0.1) is 0 Å². The van der Waals surface area contributed by atoms with Gasteiger partial charge in [0.2, 0.25) is 0 Å². The van der Waals surface area contributed by atoms with E-state index >= 15 is 0 Å². The predicted octanol–water partition coefficient (Wildman–Crippen LogP) is 5.02. The van der Waals surface area contributed by atoms with Gasteiger partial charge in [-0.25, -0.2) is 8.78 Å². The summed E-state index contributed by atoms with van der Waals surface area (Å²) < 4.78 is 26.9. The molecular formula is C13H9BrF2S. The quantitative estimate of drug-likeness (QED) is 0.717. The maximum atomic E-state index is 13.5. The molecule has 0 fully saturated rings. The Kier molecular flexibility index (Phi) is 4.18. The second-order valence-corrected chi connectivity index (χ2v) is 5.44. The van der Waals surface area contributed by atoms with Crippen LogP contribution in [0.1, 0.15) is 5.56 Å². The largest absolute Gasteiger partial charge is 0.207 e. The predicted molar refractivity (Wildman–Crippen MR) is 70.1 cm³/mol. The Balaban J connectivity index is 2.04. The van der Waals surface area contributed by atoms with Crippen molar-refractivity contribution >= 4 is 27.7 Å². The fraction of sp³-hybridized carbons (Fsp3) is 0.0769. The molecule has 0 aliphatic heterocycles. The minimum atomic E-state index is -0.260. The summed E-state index contributed by atoms with van der Waals surface area (Å²) in [4.78, 5) is 0.925. The molecule has 0 spiro atoms. The summed E-state index contributed by atoms with van der Waals surface area (Å²) in [5, 5.41) is 0. The van der Waals surface area contributed by atoms with Crippen LogP contribution in [0.2, 0.25) is 0 Å². The fourth-order valence-corrected chi connectivity index (χ4v) is 2.55. The van der Waals surface area contributed by atoms with Crippen molar-refractivity contribution < 1.29 is 8.78 Å². The van der Waals surface area contributed by atoms with Gasteiger partial charge < -0.3 is 0 Å². The van der Waals surface area contributed by atoms with Gasteiger partial charge in [-0.05, 0) is 42.0 Å². The molecule has 0 bridgehead atoms. The molecule has 17 heavy (non-hydrogen) atoms. The second kappa shape index (κ2) is 5.65. The molecule has 0 N–H and O–H groups in total. The highest BCUT2D eigenvalue weighted by Crippen LogP contribution is 2.25. The highest BCUT2D eigenvalue weighted by Gasteiger charge is 2.03. The minimum Gasteiger partial charge on any atom is -0.207 e. The van der Waals surface area contributed by atoms with E-state index in [1.54, 1.807) is 18.2 Å². The van der Waals surface area contributed by atoms with Crippen molar-refractivity contribution in [3.8, 4) is 0 Å². The van der Waals surface area contributed by atoms with Crippen LogP contribution in [-0.4, -0.2) is 0 Å². The lowest BCUT2D eigenvalue weighted by molar-refractivity contribution is 0.616. The van der Waals surface area contributed by atoms with Gasteiger partial charge in [0.25, 0.3) is 0 Å². The second-order valence-electron chi connectivity index (χ2n) is 3.48. The molecule has 0 atom stereocenters. The summed E-state index contributed by atoms with van der Waals surface area (Å²) in [6.45, 7) is 0. The molecule has 88 valence electrons. The zero-order chi connectivity index (χ0) is 12.3. The van der Waals surface area contributed by atoms with Crippen LogP contribution < -0.4 is 0 Å². The van der Waals surface area contributed by atoms with Gasteiger partial charge in [-0.15, -0.1) is 11.8 Å². The molecule has 0 nitrogen and oxygen atoms in total. The van der Waals surface area contributed by atoms with E-state index in [9.17, 15) is 8.78 Å². The van der Waals surface area contributed by atoms with Crippen molar-refractivity contribution in [3.63, 3.8) is 0 Å². The van der Waals surface area contributed by atoms with Crippen molar-refractivity contribution in [3.05, 3.63) is 64.1 Å². The smallest absolute Gasteiger partial charge is 0.128 e. The monoisotopic (exact) mass is 314 g/mol. The normalized spacial score (nSPS) is 10.5. The molecule has 0 unspecified atom stereocenters. The van der Waals surface area contributed by atoms with Gasteiger partial charge in [0.15, 0.2) is 0 Å². The van der Waals surface area contributed by atoms with E-state index in [-0.39, 0.29) is 11.6 Å². The fourth-order valence-electron chi connectivity index (χ4n) is 1.33. The number of rotatable bonds is 3. The molecule has 0 aromatic heterocycles. The van der Waals surface area contributed by atoms with Crippen LogP contribution in [0.15, 0.2) is 51.8 Å². The number of hydrogen-bond donors (Lipinski definition) is 0. The highest BCUT2D eigenvalue weighted by atomic mass is 79.9. The summed E-state index contributed by atoms with van der Waals surface area (Å²) in [6, 6.07) is 11.2. The Labute approximate surface area is 111 Å². The summed E-state index contributed by atoms with van der Waals surface area (Å²) in [5.41, 5.74) is 0.641. The van der Waals surface area contributed by atoms with Gasteiger partial charge in [-0.1, -0.05) is 22.0 Å². The van der Waals surface area contributed by atoms with E-state index in [0.717, 1.165) is 9.37 Å². The van der Waals surface area contributed by atoms with Crippen molar-refractivity contribution in [2.75, 3.05) is 0 Å². The Morgan fingerprint density at radius 1 is 1.00 bits per heavy atom. The average Bonchev–Trinajstić information content (AvgIpc) is 2.30. The Bertz CT molecular complexity index is 511. The third-order valence-electron chi connectivity index (χ3n) is 2.22. The van der Waals surface area contributed by atoms with E-state index < -0.39 is 0 Å². The van der Waals surface area contributed by atoms with Crippen molar-refractivity contribution in [2.45, 2.75) is 10.6 Å². The molecule has 0 heterocycles. The van der Waals surface area contributed by atoms with Crippen LogP contribution in [0, 0.1) is 11.6 Å². The summed E-state index contributed by atoms with van der Waals surface area (Å²) in [5.74, 6) is 0.0447. The van der Waals surface area contributed by atoms with Crippen molar-refractivity contribution in [2.24, 2.45) is 0 Å². The first kappa shape index (κ1) is 12.6. The number of halogens is 3. The lowest BCUT2D eigenvalue weighted by Crippen LogP contribution is -1.87. The third-order valence-corrected chi connectivity index (χ3v) is 3.78. The van der Waals surface area contributed by atoms with E-state index in [4.69, 9.17) is 0 Å². The van der Waals surface area contributed by atoms with E-state index in [1.165, 1.54) is 30.0 Å². The molecule has 0 saturated carbocycles. The van der Waals surface area contributed by atoms with E-state index in [1.807, 2.05) is 6.07 Å². The zero-order valence-electron chi connectivity index (χ0n) is 8.79. The van der Waals surface area contributed by atoms with Gasteiger partial charge in [-0.3, -0.25) is 0 Å². The van der Waals surface area contributed by atoms with Crippen molar-refractivity contribution in [1.82, 2.24) is 0 Å². The number of benzene rings is 2. The van der Waals surface area contributed by atoms with Crippen LogP contribution in [0.25, 0.3) is 0 Å². The van der Waals surface area contributed by atoms with Gasteiger partial charge in [0, 0.05) is 15.1 Å². The van der Waals surface area contributed by atoms with Gasteiger partial charge in [0.1, 0.15) is 11.6 Å². The van der Waals surface area contributed by atoms with Crippen LogP contribution in [0.3, 0.4) is 0 Å². The highest BCUT2D eigenvalue weighted by molar-refractivity contribution is 9.10. The van der Waals surface area contributed by atoms with Crippen LogP contribution in [0.5, 0.6) is 0 Å². The number of thioether (sulfide) groups is 1. The summed E-state index contributed by atoms with van der Waals surface area (Å²) in [6.07, 6.45) is 0. The lowest BCUT2D eigenvalue weighted by Gasteiger charge is -2.04. The van der Waals surface area contributed by atoms with Crippen molar-refractivity contribution in [1.29, 1.82) is 0 Å². The molecule has 0 radical (unpaired) electrons. The van der Waals surface area contributed by atoms with E-state index in [2.05, 4.69) is 15.9 Å². The number of hydrogen-bond acceptors (Lipinski definition) is 1. The summed E-state index contributed by atoms with van der Waals surface area (Å²) in [7, 11) is 0. The van der Waals surface area contributed by atoms with Gasteiger partial charge in [-0.2, -0.15) is 0 Å². The Morgan fingerprint density at radius 3 is 2.35 bits per heavy atom. The van der Waals surface area contributed by atoms with Crippen LogP contribution in [0.4, 0.5) is 8.78 Å². The standard InChI is InChI=1S/C13H9BrF2S/c14-10-2-1-9(13(16)7-10)8-17-12-5-3-11(15)4-6-12/h1-7H,8H2. The maximum Gasteiger partial charge on any atom is 0.128 e. The lowest BCUT2D eigenvalue weighted by atomic mass is 10.2. The third kappa shape index (κ3) is 3.54. The Hall–Kier alpha value is -0.870. The van der Waals surface area contributed by atoms with Crippen LogP contribution in [-0.2, 0) is 5.75 Å². The molecule has 2 aromatic carbocycles. The first-order chi connectivity index (χ1) is 8.15. The average molecular weight is 315 g/mol. The first-order valence-corrected chi connectivity index (χ1v) is 6.75. The summed E-state index contributed by atoms with van der Waals surface area (Å²) >= 11 is 4.69. The molecule has 4 heteroatoms. The zero-order valence-corrected chi connectivity index (χ0v) is 11.2. The van der Waals surface area contributed by atoms with Gasteiger partial charge >= 0.3 is 0 Å². The molecule has 0 amide bonds. The molecule has 0 aliphatic carbocycles.